The monoisotopic (exact) mass is 718 g/mol. The number of benzene rings is 5. The number of hydrogen-bond donors (Lipinski definition) is 1. The van der Waals surface area contributed by atoms with Gasteiger partial charge in [-0.15, -0.1) is 19.2 Å². The summed E-state index contributed by atoms with van der Waals surface area (Å²) >= 11 is 4.66. The minimum atomic E-state index is 0.533. The molecule has 5 aromatic carbocycles. The molecular formula is C51H46N2S. The Morgan fingerprint density at radius 2 is 1.44 bits per heavy atom. The second-order valence-corrected chi connectivity index (χ2v) is 14.7. The highest BCUT2D eigenvalue weighted by molar-refractivity contribution is 7.84. The smallest absolute Gasteiger partial charge is 0.0579 e. The van der Waals surface area contributed by atoms with Crippen LogP contribution in [-0.2, 0) is 6.42 Å². The molecule has 0 bridgehead atoms. The molecule has 0 aliphatic heterocycles. The van der Waals surface area contributed by atoms with Crippen molar-refractivity contribution in [3.63, 3.8) is 0 Å². The van der Waals surface area contributed by atoms with Gasteiger partial charge in [-0.3, -0.25) is 0 Å². The van der Waals surface area contributed by atoms with Crippen molar-refractivity contribution >= 4 is 57.9 Å². The van der Waals surface area contributed by atoms with Crippen molar-refractivity contribution in [3.8, 4) is 0 Å². The molecule has 3 aliphatic carbocycles. The standard InChI is InChI=1S/C51H46N2S/c1-2-3-4-18-30-44(54)31-20-19-21-38-32-34-45-48(36-38)51(53(42-26-14-8-15-27-42)43-28-16-9-17-29-43)49-46(35-33-39-37-47(39)49)50(45)52(41-24-12-7-13-25-41)40-22-10-5-6-11-23-40/h2,4-22,24-32,34,36,39,47,54H,1,3,23,33,35,37H2/b18-4+,21-19+,31-20+,44-30-. The largest absolute Gasteiger partial charge is 0.313 e. The van der Waals surface area contributed by atoms with E-state index in [1.807, 2.05) is 24.3 Å². The maximum atomic E-state index is 4.66. The SMILES string of the molecule is C=CC/C=C/C=C(S)/C=C/C=C/c1ccc2c(N(C3=CC=CC=CC3)c3ccccc3)c3c(c(N(c4ccccc4)c4ccccc4)c2c1)C1CC1CC3. The summed E-state index contributed by atoms with van der Waals surface area (Å²) in [6, 6.07) is 39.9. The van der Waals surface area contributed by atoms with Crippen molar-refractivity contribution in [1.82, 2.24) is 0 Å². The van der Waals surface area contributed by atoms with Crippen LogP contribution in [0.25, 0.3) is 16.8 Å². The number of allylic oxidation sites excluding steroid dienone is 12. The van der Waals surface area contributed by atoms with E-state index in [0.717, 1.165) is 35.6 Å². The number of para-hydroxylation sites is 3. The second kappa shape index (κ2) is 16.5. The van der Waals surface area contributed by atoms with Gasteiger partial charge in [-0.25, -0.2) is 0 Å². The van der Waals surface area contributed by atoms with Gasteiger partial charge in [0.1, 0.15) is 0 Å². The zero-order valence-electron chi connectivity index (χ0n) is 30.6. The van der Waals surface area contributed by atoms with Crippen molar-refractivity contribution in [2.45, 2.75) is 38.0 Å². The van der Waals surface area contributed by atoms with Crippen LogP contribution in [-0.4, -0.2) is 0 Å². The lowest BCUT2D eigenvalue weighted by Gasteiger charge is -2.37. The van der Waals surface area contributed by atoms with Crippen molar-refractivity contribution in [1.29, 1.82) is 0 Å². The molecule has 0 radical (unpaired) electrons. The summed E-state index contributed by atoms with van der Waals surface area (Å²) in [7, 11) is 0. The van der Waals surface area contributed by atoms with E-state index in [2.05, 4.69) is 193 Å². The molecule has 0 spiro atoms. The van der Waals surface area contributed by atoms with E-state index >= 15 is 0 Å². The Labute approximate surface area is 326 Å². The Morgan fingerprint density at radius 1 is 0.741 bits per heavy atom. The number of thiol groups is 1. The first-order chi connectivity index (χ1) is 26.7. The van der Waals surface area contributed by atoms with Gasteiger partial charge in [0.25, 0.3) is 0 Å². The van der Waals surface area contributed by atoms with Gasteiger partial charge in [-0.05, 0) is 115 Å². The molecule has 0 aromatic heterocycles. The van der Waals surface area contributed by atoms with E-state index < -0.39 is 0 Å². The molecule has 0 saturated heterocycles. The zero-order chi connectivity index (χ0) is 36.7. The third-order valence-electron chi connectivity index (χ3n) is 10.6. The van der Waals surface area contributed by atoms with Crippen molar-refractivity contribution in [2.75, 3.05) is 9.80 Å². The van der Waals surface area contributed by atoms with Crippen LogP contribution in [0.15, 0.2) is 199 Å². The number of fused-ring (bicyclic) bond motifs is 4. The second-order valence-electron chi connectivity index (χ2n) is 14.2. The van der Waals surface area contributed by atoms with Gasteiger partial charge in [0.05, 0.1) is 11.4 Å². The molecule has 54 heavy (non-hydrogen) atoms. The fourth-order valence-electron chi connectivity index (χ4n) is 8.07. The van der Waals surface area contributed by atoms with E-state index in [0.29, 0.717) is 5.92 Å². The first kappa shape index (κ1) is 35.3. The lowest BCUT2D eigenvalue weighted by atomic mass is 9.83. The van der Waals surface area contributed by atoms with Gasteiger partial charge in [-0.1, -0.05) is 127 Å². The zero-order valence-corrected chi connectivity index (χ0v) is 31.5. The lowest BCUT2D eigenvalue weighted by molar-refractivity contribution is 0.668. The minimum absolute atomic E-state index is 0.533. The number of nitrogens with zero attached hydrogens (tertiary/aromatic N) is 2. The van der Waals surface area contributed by atoms with Gasteiger partial charge >= 0.3 is 0 Å². The Kier molecular flexibility index (Phi) is 10.8. The Morgan fingerprint density at radius 3 is 2.15 bits per heavy atom. The number of hydrogen-bond acceptors (Lipinski definition) is 3. The van der Waals surface area contributed by atoms with E-state index in [1.165, 1.54) is 68.9 Å². The molecule has 266 valence electrons. The lowest BCUT2D eigenvalue weighted by Crippen LogP contribution is -2.22. The highest BCUT2D eigenvalue weighted by Gasteiger charge is 2.46. The van der Waals surface area contributed by atoms with Crippen molar-refractivity contribution in [3.05, 3.63) is 216 Å². The van der Waals surface area contributed by atoms with Crippen molar-refractivity contribution in [2.24, 2.45) is 5.92 Å². The van der Waals surface area contributed by atoms with E-state index in [1.54, 1.807) is 0 Å². The average molecular weight is 719 g/mol. The minimum Gasteiger partial charge on any atom is -0.313 e. The summed E-state index contributed by atoms with van der Waals surface area (Å²) in [5.41, 5.74) is 11.6. The Bertz CT molecular complexity index is 2300. The van der Waals surface area contributed by atoms with Crippen LogP contribution in [0.5, 0.6) is 0 Å². The molecular weight excluding hydrogens is 673 g/mol. The van der Waals surface area contributed by atoms with Gasteiger partial charge < -0.3 is 9.80 Å². The van der Waals surface area contributed by atoms with Crippen LogP contribution in [0.2, 0.25) is 0 Å². The quantitative estimate of drug-likeness (QED) is 0.0594. The molecule has 5 aromatic rings. The third kappa shape index (κ3) is 7.51. The van der Waals surface area contributed by atoms with Gasteiger partial charge in [-0.2, -0.15) is 0 Å². The van der Waals surface area contributed by atoms with E-state index in [9.17, 15) is 0 Å². The van der Waals surface area contributed by atoms with E-state index in [-0.39, 0.29) is 0 Å². The molecule has 2 atom stereocenters. The van der Waals surface area contributed by atoms with Gasteiger partial charge in [0.15, 0.2) is 0 Å². The van der Waals surface area contributed by atoms with Crippen LogP contribution in [0, 0.1) is 5.92 Å². The Balaban J connectivity index is 1.38. The van der Waals surface area contributed by atoms with Crippen LogP contribution in [0.1, 0.15) is 48.3 Å². The van der Waals surface area contributed by atoms with Crippen molar-refractivity contribution < 1.29 is 0 Å². The molecule has 1 saturated carbocycles. The fraction of sp³-hybridized carbons (Fsp3) is 0.137. The highest BCUT2D eigenvalue weighted by Crippen LogP contribution is 2.62. The number of anilines is 5. The number of rotatable bonds is 12. The molecule has 0 amide bonds. The molecule has 0 N–H and O–H groups in total. The summed E-state index contributed by atoms with van der Waals surface area (Å²) < 4.78 is 0. The van der Waals surface area contributed by atoms with Gasteiger partial charge in [0, 0.05) is 44.9 Å². The summed E-state index contributed by atoms with van der Waals surface area (Å²) in [5.74, 6) is 1.26. The summed E-state index contributed by atoms with van der Waals surface area (Å²) in [6.07, 6.45) is 32.7. The topological polar surface area (TPSA) is 6.48 Å². The summed E-state index contributed by atoms with van der Waals surface area (Å²) in [6.45, 7) is 3.78. The summed E-state index contributed by atoms with van der Waals surface area (Å²) in [4.78, 5) is 5.99. The maximum absolute atomic E-state index is 4.66. The predicted octanol–water partition coefficient (Wildman–Crippen LogP) is 14.4. The van der Waals surface area contributed by atoms with Gasteiger partial charge in [0.2, 0.25) is 0 Å². The predicted molar refractivity (Wildman–Crippen MR) is 237 cm³/mol. The van der Waals surface area contributed by atoms with E-state index in [4.69, 9.17) is 0 Å². The van der Waals surface area contributed by atoms with Crippen LogP contribution >= 0.6 is 12.6 Å². The molecule has 8 rings (SSSR count). The molecule has 2 nitrogen and oxygen atoms in total. The molecule has 3 heteroatoms. The average Bonchev–Trinajstić information content (AvgIpc) is 4.05. The maximum Gasteiger partial charge on any atom is 0.0579 e. The molecule has 0 heterocycles. The molecule has 2 unspecified atom stereocenters. The first-order valence-corrected chi connectivity index (χ1v) is 19.6. The normalized spacial score (nSPS) is 17.8. The van der Waals surface area contributed by atoms with Crippen LogP contribution in [0.4, 0.5) is 28.4 Å². The first-order valence-electron chi connectivity index (χ1n) is 19.1. The Hall–Kier alpha value is -5.77. The van der Waals surface area contributed by atoms with Crippen LogP contribution < -0.4 is 9.80 Å². The summed E-state index contributed by atoms with van der Waals surface area (Å²) in [5, 5.41) is 2.53. The third-order valence-corrected chi connectivity index (χ3v) is 10.9. The highest BCUT2D eigenvalue weighted by atomic mass is 32.1. The van der Waals surface area contributed by atoms with Crippen LogP contribution in [0.3, 0.4) is 0 Å². The molecule has 1 fully saturated rings. The molecule has 3 aliphatic rings. The fourth-order valence-corrected chi connectivity index (χ4v) is 8.24.